The third-order valence-corrected chi connectivity index (χ3v) is 2.97. The van der Waals surface area contributed by atoms with Crippen molar-refractivity contribution in [1.29, 1.82) is 0 Å². The number of hydrogen-bond donors (Lipinski definition) is 2. The van der Waals surface area contributed by atoms with Gasteiger partial charge in [0.1, 0.15) is 0 Å². The average Bonchev–Trinajstić information content (AvgIpc) is 2.27. The lowest BCUT2D eigenvalue weighted by Gasteiger charge is -2.35. The number of nitrogens with zero attached hydrogens (tertiary/aromatic N) is 2. The highest BCUT2D eigenvalue weighted by atomic mass is 15.4. The van der Waals surface area contributed by atoms with E-state index in [2.05, 4.69) is 22.2 Å². The Morgan fingerprint density at radius 1 is 1.43 bits per heavy atom. The lowest BCUT2D eigenvalue weighted by atomic mass is 9.94. The number of aliphatic imine (C=N–C) groups is 1. The first kappa shape index (κ1) is 11.3. The maximum Gasteiger partial charge on any atom is 0.208 e. The van der Waals surface area contributed by atoms with Gasteiger partial charge in [-0.1, -0.05) is 19.3 Å². The van der Waals surface area contributed by atoms with Crippen LogP contribution >= 0.6 is 0 Å². The van der Waals surface area contributed by atoms with Crippen LogP contribution in [0.4, 0.5) is 0 Å². The summed E-state index contributed by atoms with van der Waals surface area (Å²) in [7, 11) is 1.78. The van der Waals surface area contributed by atoms with Crippen LogP contribution in [0.15, 0.2) is 4.99 Å². The minimum absolute atomic E-state index is 0.628. The standard InChI is InChI=1S/C10H22N4/c1-3-14(10(12-2)13-11)9-7-5-4-6-8-9/h9H,3-8,11H2,1-2H3,(H,12,13). The number of hydrogen-bond acceptors (Lipinski definition) is 2. The Morgan fingerprint density at radius 2 is 2.07 bits per heavy atom. The van der Waals surface area contributed by atoms with Gasteiger partial charge in [0.05, 0.1) is 0 Å². The van der Waals surface area contributed by atoms with E-state index in [1.54, 1.807) is 7.05 Å². The van der Waals surface area contributed by atoms with Crippen LogP contribution in [-0.2, 0) is 0 Å². The fourth-order valence-corrected chi connectivity index (χ4v) is 2.25. The molecular weight excluding hydrogens is 176 g/mol. The molecule has 82 valence electrons. The van der Waals surface area contributed by atoms with Crippen LogP contribution in [0.1, 0.15) is 39.0 Å². The summed E-state index contributed by atoms with van der Waals surface area (Å²) in [4.78, 5) is 6.44. The molecule has 1 rings (SSSR count). The molecule has 0 aromatic rings. The van der Waals surface area contributed by atoms with Crippen molar-refractivity contribution in [1.82, 2.24) is 10.3 Å². The van der Waals surface area contributed by atoms with Crippen LogP contribution in [0, 0.1) is 0 Å². The number of guanidine groups is 1. The van der Waals surface area contributed by atoms with Gasteiger partial charge in [-0.3, -0.25) is 10.4 Å². The Labute approximate surface area is 86.5 Å². The molecule has 4 heteroatoms. The second-order valence-electron chi connectivity index (χ2n) is 3.77. The molecule has 0 saturated heterocycles. The van der Waals surface area contributed by atoms with Crippen molar-refractivity contribution in [3.8, 4) is 0 Å². The van der Waals surface area contributed by atoms with Gasteiger partial charge in [0.25, 0.3) is 0 Å². The molecule has 4 nitrogen and oxygen atoms in total. The topological polar surface area (TPSA) is 53.6 Å². The molecule has 0 spiro atoms. The van der Waals surface area contributed by atoms with Crippen LogP contribution in [0.25, 0.3) is 0 Å². The average molecular weight is 198 g/mol. The Hall–Kier alpha value is -0.770. The third-order valence-electron chi connectivity index (χ3n) is 2.97. The van der Waals surface area contributed by atoms with Crippen molar-refractivity contribution in [3.05, 3.63) is 0 Å². The maximum atomic E-state index is 5.44. The molecule has 0 bridgehead atoms. The summed E-state index contributed by atoms with van der Waals surface area (Å²) in [6.07, 6.45) is 6.59. The van der Waals surface area contributed by atoms with Crippen molar-refractivity contribution in [3.63, 3.8) is 0 Å². The fourth-order valence-electron chi connectivity index (χ4n) is 2.25. The molecule has 3 N–H and O–H groups in total. The van der Waals surface area contributed by atoms with Crippen LogP contribution in [0.5, 0.6) is 0 Å². The van der Waals surface area contributed by atoms with Crippen molar-refractivity contribution < 1.29 is 0 Å². The Morgan fingerprint density at radius 3 is 2.50 bits per heavy atom. The predicted octanol–water partition coefficient (Wildman–Crippen LogP) is 1.09. The molecule has 1 fully saturated rings. The summed E-state index contributed by atoms with van der Waals surface area (Å²) < 4.78 is 0. The minimum atomic E-state index is 0.628. The SMILES string of the molecule is CCN(C(=NC)NN)C1CCCCC1. The van der Waals surface area contributed by atoms with E-state index in [1.807, 2.05) is 0 Å². The molecule has 1 saturated carbocycles. The van der Waals surface area contributed by atoms with Gasteiger partial charge in [-0.05, 0) is 19.8 Å². The van der Waals surface area contributed by atoms with Crippen LogP contribution in [-0.4, -0.2) is 30.5 Å². The van der Waals surface area contributed by atoms with Gasteiger partial charge in [0.2, 0.25) is 5.96 Å². The summed E-state index contributed by atoms with van der Waals surface area (Å²) >= 11 is 0. The molecule has 0 aromatic heterocycles. The minimum Gasteiger partial charge on any atom is -0.339 e. The summed E-state index contributed by atoms with van der Waals surface area (Å²) in [5.41, 5.74) is 2.68. The Bertz CT molecular complexity index is 185. The molecule has 0 aromatic carbocycles. The predicted molar refractivity (Wildman–Crippen MR) is 59.9 cm³/mol. The monoisotopic (exact) mass is 198 g/mol. The molecule has 0 heterocycles. The van der Waals surface area contributed by atoms with E-state index in [0.717, 1.165) is 12.5 Å². The zero-order chi connectivity index (χ0) is 10.4. The number of rotatable bonds is 2. The maximum absolute atomic E-state index is 5.44. The zero-order valence-corrected chi connectivity index (χ0v) is 9.29. The highest BCUT2D eigenvalue weighted by Crippen LogP contribution is 2.22. The zero-order valence-electron chi connectivity index (χ0n) is 9.29. The van der Waals surface area contributed by atoms with Gasteiger partial charge >= 0.3 is 0 Å². The van der Waals surface area contributed by atoms with E-state index in [-0.39, 0.29) is 0 Å². The summed E-state index contributed by atoms with van der Waals surface area (Å²) in [5.74, 6) is 6.26. The smallest absolute Gasteiger partial charge is 0.208 e. The van der Waals surface area contributed by atoms with E-state index in [1.165, 1.54) is 32.1 Å². The molecule has 14 heavy (non-hydrogen) atoms. The molecular formula is C10H22N4. The molecule has 0 radical (unpaired) electrons. The van der Waals surface area contributed by atoms with Crippen LogP contribution in [0.2, 0.25) is 0 Å². The van der Waals surface area contributed by atoms with Crippen LogP contribution < -0.4 is 11.3 Å². The number of nitrogens with two attached hydrogens (primary N) is 1. The Balaban J connectivity index is 2.59. The van der Waals surface area contributed by atoms with E-state index in [9.17, 15) is 0 Å². The van der Waals surface area contributed by atoms with Crippen LogP contribution in [0.3, 0.4) is 0 Å². The fraction of sp³-hybridized carbons (Fsp3) is 0.900. The summed E-state index contributed by atoms with van der Waals surface area (Å²) in [5, 5.41) is 0. The first-order valence-electron chi connectivity index (χ1n) is 5.53. The van der Waals surface area contributed by atoms with Crippen molar-refractivity contribution in [2.45, 2.75) is 45.1 Å². The normalized spacial score (nSPS) is 19.5. The van der Waals surface area contributed by atoms with Gasteiger partial charge in [0.15, 0.2) is 0 Å². The lowest BCUT2D eigenvalue weighted by Crippen LogP contribution is -2.50. The van der Waals surface area contributed by atoms with Crippen molar-refractivity contribution in [2.24, 2.45) is 10.8 Å². The Kier molecular flexibility index (Phi) is 4.73. The molecule has 0 aliphatic heterocycles. The number of nitrogens with one attached hydrogen (secondary N) is 1. The van der Waals surface area contributed by atoms with Gasteiger partial charge < -0.3 is 4.90 Å². The third kappa shape index (κ3) is 2.61. The highest BCUT2D eigenvalue weighted by Gasteiger charge is 2.21. The van der Waals surface area contributed by atoms with E-state index in [4.69, 9.17) is 5.84 Å². The first-order valence-corrected chi connectivity index (χ1v) is 5.53. The summed E-state index contributed by atoms with van der Waals surface area (Å²) in [6, 6.07) is 0.628. The molecule has 0 atom stereocenters. The molecule has 0 unspecified atom stereocenters. The molecule has 0 amide bonds. The summed E-state index contributed by atoms with van der Waals surface area (Å²) in [6.45, 7) is 3.12. The van der Waals surface area contributed by atoms with E-state index < -0.39 is 0 Å². The molecule has 1 aliphatic carbocycles. The number of hydrazine groups is 1. The van der Waals surface area contributed by atoms with Crippen molar-refractivity contribution in [2.75, 3.05) is 13.6 Å². The highest BCUT2D eigenvalue weighted by molar-refractivity contribution is 5.79. The largest absolute Gasteiger partial charge is 0.339 e. The van der Waals surface area contributed by atoms with Gasteiger partial charge in [0, 0.05) is 19.6 Å². The lowest BCUT2D eigenvalue weighted by molar-refractivity contribution is 0.245. The van der Waals surface area contributed by atoms with Crippen molar-refractivity contribution >= 4 is 5.96 Å². The molecule has 1 aliphatic rings. The van der Waals surface area contributed by atoms with Gasteiger partial charge in [-0.25, -0.2) is 5.84 Å². The second-order valence-corrected chi connectivity index (χ2v) is 3.77. The van der Waals surface area contributed by atoms with E-state index >= 15 is 0 Å². The quantitative estimate of drug-likeness (QED) is 0.302. The van der Waals surface area contributed by atoms with E-state index in [0.29, 0.717) is 6.04 Å². The van der Waals surface area contributed by atoms with Gasteiger partial charge in [-0.15, -0.1) is 0 Å². The van der Waals surface area contributed by atoms with Gasteiger partial charge in [-0.2, -0.15) is 0 Å². The first-order chi connectivity index (χ1) is 6.83. The second kappa shape index (κ2) is 5.86.